The lowest BCUT2D eigenvalue weighted by molar-refractivity contribution is 0.473. The van der Waals surface area contributed by atoms with Crippen molar-refractivity contribution in [2.45, 2.75) is 13.3 Å². The normalized spacial score (nSPS) is 10.8. The third-order valence-electron chi connectivity index (χ3n) is 3.22. The summed E-state index contributed by atoms with van der Waals surface area (Å²) in [5.41, 5.74) is 2.63. The predicted octanol–water partition coefficient (Wildman–Crippen LogP) is 3.55. The fraction of sp³-hybridized carbons (Fsp3) is 0.188. The molecule has 3 aromatic rings. The van der Waals surface area contributed by atoms with Gasteiger partial charge in [-0.05, 0) is 30.7 Å². The van der Waals surface area contributed by atoms with Crippen LogP contribution in [0.4, 0.5) is 5.95 Å². The van der Waals surface area contributed by atoms with Gasteiger partial charge in [0.1, 0.15) is 5.75 Å². The number of aromatic nitrogens is 2. The highest BCUT2D eigenvalue weighted by Crippen LogP contribution is 2.29. The average molecular weight is 267 g/mol. The third kappa shape index (κ3) is 2.09. The highest BCUT2D eigenvalue weighted by Gasteiger charge is 2.13. The van der Waals surface area contributed by atoms with Crippen LogP contribution >= 0.6 is 0 Å². The second-order valence-corrected chi connectivity index (χ2v) is 4.68. The number of rotatable bonds is 4. The molecule has 0 spiro atoms. The smallest absolute Gasteiger partial charge is 0.208 e. The summed E-state index contributed by atoms with van der Waals surface area (Å²) < 4.78 is 1.96. The van der Waals surface area contributed by atoms with Crippen LogP contribution in [-0.4, -0.2) is 21.2 Å². The number of phenolic OH excluding ortho intramolecular Hbond substituents is 1. The van der Waals surface area contributed by atoms with Crippen molar-refractivity contribution in [1.29, 1.82) is 0 Å². The van der Waals surface area contributed by atoms with Crippen LogP contribution in [-0.2, 0) is 0 Å². The zero-order valence-electron chi connectivity index (χ0n) is 11.4. The molecule has 20 heavy (non-hydrogen) atoms. The molecule has 3 rings (SSSR count). The molecule has 2 aromatic carbocycles. The number of para-hydroxylation sites is 4. The lowest BCUT2D eigenvalue weighted by atomic mass is 10.2. The van der Waals surface area contributed by atoms with Gasteiger partial charge in [-0.1, -0.05) is 31.2 Å². The van der Waals surface area contributed by atoms with Gasteiger partial charge in [0, 0.05) is 6.54 Å². The number of fused-ring (bicyclic) bond motifs is 1. The Bertz CT molecular complexity index is 733. The molecule has 0 saturated heterocycles. The quantitative estimate of drug-likeness (QED) is 0.760. The van der Waals surface area contributed by atoms with E-state index in [1.54, 1.807) is 6.07 Å². The first-order valence-electron chi connectivity index (χ1n) is 6.81. The van der Waals surface area contributed by atoms with Crippen LogP contribution in [0, 0.1) is 0 Å². The number of hydrogen-bond acceptors (Lipinski definition) is 3. The largest absolute Gasteiger partial charge is 0.506 e. The molecule has 4 heteroatoms. The highest BCUT2D eigenvalue weighted by molar-refractivity contribution is 5.81. The molecule has 4 nitrogen and oxygen atoms in total. The molecule has 2 N–H and O–H groups in total. The van der Waals surface area contributed by atoms with Gasteiger partial charge < -0.3 is 10.4 Å². The van der Waals surface area contributed by atoms with Crippen LogP contribution in [0.2, 0.25) is 0 Å². The molecular weight excluding hydrogens is 250 g/mol. The van der Waals surface area contributed by atoms with Crippen molar-refractivity contribution < 1.29 is 5.11 Å². The number of aromatic hydroxyl groups is 1. The van der Waals surface area contributed by atoms with E-state index in [0.29, 0.717) is 0 Å². The molecule has 0 unspecified atom stereocenters. The summed E-state index contributed by atoms with van der Waals surface area (Å²) in [4.78, 5) is 4.61. The fourth-order valence-corrected chi connectivity index (χ4v) is 2.28. The second kappa shape index (κ2) is 5.25. The molecule has 1 heterocycles. The molecule has 0 aliphatic rings. The Labute approximate surface area is 117 Å². The molecule has 0 atom stereocenters. The molecule has 1 aromatic heterocycles. The minimum Gasteiger partial charge on any atom is -0.506 e. The highest BCUT2D eigenvalue weighted by atomic mass is 16.3. The number of nitrogens with zero attached hydrogens (tertiary/aromatic N) is 2. The summed E-state index contributed by atoms with van der Waals surface area (Å²) in [5.74, 6) is 1.00. The Morgan fingerprint density at radius 3 is 2.65 bits per heavy atom. The molecule has 0 saturated carbocycles. The van der Waals surface area contributed by atoms with E-state index in [4.69, 9.17) is 0 Å². The summed E-state index contributed by atoms with van der Waals surface area (Å²) in [6.07, 6.45) is 1.02. The van der Waals surface area contributed by atoms with Crippen LogP contribution in [0.15, 0.2) is 48.5 Å². The van der Waals surface area contributed by atoms with Gasteiger partial charge in [-0.25, -0.2) is 4.98 Å². The van der Waals surface area contributed by atoms with Crippen molar-refractivity contribution in [1.82, 2.24) is 9.55 Å². The van der Waals surface area contributed by atoms with Crippen molar-refractivity contribution in [2.24, 2.45) is 0 Å². The topological polar surface area (TPSA) is 50.1 Å². The van der Waals surface area contributed by atoms with E-state index < -0.39 is 0 Å². The Kier molecular flexibility index (Phi) is 3.29. The zero-order chi connectivity index (χ0) is 13.9. The monoisotopic (exact) mass is 267 g/mol. The van der Waals surface area contributed by atoms with Gasteiger partial charge in [0.15, 0.2) is 0 Å². The second-order valence-electron chi connectivity index (χ2n) is 4.68. The maximum absolute atomic E-state index is 10.1. The van der Waals surface area contributed by atoms with Crippen LogP contribution in [0.25, 0.3) is 16.7 Å². The Morgan fingerprint density at radius 2 is 1.85 bits per heavy atom. The number of nitrogens with one attached hydrogen (secondary N) is 1. The maximum Gasteiger partial charge on any atom is 0.208 e. The van der Waals surface area contributed by atoms with E-state index in [1.165, 1.54) is 0 Å². The first-order valence-corrected chi connectivity index (χ1v) is 6.81. The summed E-state index contributed by atoms with van der Waals surface area (Å²) in [6.45, 7) is 2.96. The van der Waals surface area contributed by atoms with E-state index in [1.807, 2.05) is 47.0 Å². The average Bonchev–Trinajstić information content (AvgIpc) is 2.84. The van der Waals surface area contributed by atoms with E-state index in [-0.39, 0.29) is 5.75 Å². The Hall–Kier alpha value is -2.49. The number of anilines is 1. The van der Waals surface area contributed by atoms with E-state index in [0.717, 1.165) is 35.6 Å². The van der Waals surface area contributed by atoms with Crippen LogP contribution < -0.4 is 5.32 Å². The van der Waals surface area contributed by atoms with Crippen molar-refractivity contribution in [2.75, 3.05) is 11.9 Å². The molecule has 0 aliphatic heterocycles. The minimum absolute atomic E-state index is 0.246. The van der Waals surface area contributed by atoms with Crippen molar-refractivity contribution >= 4 is 17.0 Å². The maximum atomic E-state index is 10.1. The predicted molar refractivity (Wildman–Crippen MR) is 81.5 cm³/mol. The van der Waals surface area contributed by atoms with Gasteiger partial charge >= 0.3 is 0 Å². The number of imidazole rings is 1. The number of phenols is 1. The van der Waals surface area contributed by atoms with Crippen LogP contribution in [0.3, 0.4) is 0 Å². The first-order chi connectivity index (χ1) is 9.81. The Balaban J connectivity index is 2.23. The van der Waals surface area contributed by atoms with Gasteiger partial charge in [0.05, 0.1) is 16.7 Å². The van der Waals surface area contributed by atoms with Gasteiger partial charge in [-0.3, -0.25) is 4.57 Å². The van der Waals surface area contributed by atoms with Crippen molar-refractivity contribution in [3.8, 4) is 11.4 Å². The van der Waals surface area contributed by atoms with Crippen LogP contribution in [0.1, 0.15) is 13.3 Å². The molecule has 0 amide bonds. The van der Waals surface area contributed by atoms with Gasteiger partial charge in [0.2, 0.25) is 5.95 Å². The summed E-state index contributed by atoms with van der Waals surface area (Å²) in [5, 5.41) is 13.4. The van der Waals surface area contributed by atoms with Gasteiger partial charge in [-0.2, -0.15) is 0 Å². The molecule has 0 aliphatic carbocycles. The number of hydrogen-bond donors (Lipinski definition) is 2. The van der Waals surface area contributed by atoms with Gasteiger partial charge in [-0.15, -0.1) is 0 Å². The summed E-state index contributed by atoms with van der Waals surface area (Å²) >= 11 is 0. The van der Waals surface area contributed by atoms with E-state index in [2.05, 4.69) is 17.2 Å². The standard InChI is InChI=1S/C16H17N3O/c1-2-11-17-16-18-12-7-3-4-8-13(12)19(16)14-9-5-6-10-15(14)20/h3-10,20H,2,11H2,1H3,(H,17,18). The molecular formula is C16H17N3O. The SMILES string of the molecule is CCCNc1nc2ccccc2n1-c1ccccc1O. The van der Waals surface area contributed by atoms with Crippen molar-refractivity contribution in [3.05, 3.63) is 48.5 Å². The zero-order valence-corrected chi connectivity index (χ0v) is 11.4. The van der Waals surface area contributed by atoms with Crippen LogP contribution in [0.5, 0.6) is 5.75 Å². The van der Waals surface area contributed by atoms with E-state index in [9.17, 15) is 5.11 Å². The van der Waals surface area contributed by atoms with Gasteiger partial charge in [0.25, 0.3) is 0 Å². The molecule has 0 fully saturated rings. The molecule has 0 bridgehead atoms. The summed E-state index contributed by atoms with van der Waals surface area (Å²) in [7, 11) is 0. The van der Waals surface area contributed by atoms with Crippen molar-refractivity contribution in [3.63, 3.8) is 0 Å². The third-order valence-corrected chi connectivity index (χ3v) is 3.22. The minimum atomic E-state index is 0.246. The number of benzene rings is 2. The molecule has 0 radical (unpaired) electrons. The lowest BCUT2D eigenvalue weighted by Gasteiger charge is -2.11. The first kappa shape index (κ1) is 12.5. The Morgan fingerprint density at radius 1 is 1.10 bits per heavy atom. The van der Waals surface area contributed by atoms with E-state index >= 15 is 0 Å². The lowest BCUT2D eigenvalue weighted by Crippen LogP contribution is -2.07. The summed E-state index contributed by atoms with van der Waals surface area (Å²) in [6, 6.07) is 15.2. The fourth-order valence-electron chi connectivity index (χ4n) is 2.28. The molecule has 102 valence electrons.